The van der Waals surface area contributed by atoms with Crippen molar-refractivity contribution in [2.75, 3.05) is 0 Å². The molecule has 20 heavy (non-hydrogen) atoms. The molecule has 0 fully saturated rings. The van der Waals surface area contributed by atoms with Gasteiger partial charge in [0.2, 0.25) is 0 Å². The van der Waals surface area contributed by atoms with Crippen LogP contribution in [0.15, 0.2) is 36.5 Å². The van der Waals surface area contributed by atoms with E-state index in [1.165, 1.54) is 5.56 Å². The molecule has 1 heterocycles. The molecule has 0 bridgehead atoms. The topological polar surface area (TPSA) is 61.0 Å². The second kappa shape index (κ2) is 6.43. The first-order valence-corrected chi connectivity index (χ1v) is 6.91. The van der Waals surface area contributed by atoms with E-state index in [2.05, 4.69) is 35.9 Å². The summed E-state index contributed by atoms with van der Waals surface area (Å²) in [5.74, 6) is 1.23. The molecule has 0 spiro atoms. The summed E-state index contributed by atoms with van der Waals surface area (Å²) in [6.07, 6.45) is 2.68. The number of hydrogen-bond donors (Lipinski definition) is 1. The predicted molar refractivity (Wildman–Crippen MR) is 83.1 cm³/mol. The zero-order chi connectivity index (χ0) is 14.5. The van der Waals surface area contributed by atoms with Crippen LogP contribution < -0.4 is 10.5 Å². The molecule has 0 aliphatic rings. The quantitative estimate of drug-likeness (QED) is 0.854. The molecule has 5 heteroatoms. The smallest absolute Gasteiger partial charge is 0.322 e. The van der Waals surface area contributed by atoms with Crippen molar-refractivity contribution >= 4 is 17.2 Å². The van der Waals surface area contributed by atoms with E-state index in [0.717, 1.165) is 6.42 Å². The number of rotatable bonds is 5. The maximum absolute atomic E-state index is 5.60. The summed E-state index contributed by atoms with van der Waals surface area (Å²) >= 11 is 4.88. The van der Waals surface area contributed by atoms with E-state index in [-0.39, 0.29) is 11.0 Å². The van der Waals surface area contributed by atoms with Crippen molar-refractivity contribution < 1.29 is 4.74 Å². The summed E-state index contributed by atoms with van der Waals surface area (Å²) in [6, 6.07) is 9.84. The molecule has 1 atom stereocenters. The maximum atomic E-state index is 5.60. The molecule has 0 saturated heterocycles. The van der Waals surface area contributed by atoms with E-state index < -0.39 is 0 Å². The van der Waals surface area contributed by atoms with E-state index in [0.29, 0.717) is 17.4 Å². The van der Waals surface area contributed by atoms with Crippen molar-refractivity contribution in [3.63, 3.8) is 0 Å². The monoisotopic (exact) mass is 287 g/mol. The largest absolute Gasteiger partial charge is 0.424 e. The van der Waals surface area contributed by atoms with E-state index >= 15 is 0 Å². The number of ether oxygens (including phenoxy) is 1. The molecule has 0 saturated carbocycles. The van der Waals surface area contributed by atoms with Crippen molar-refractivity contribution in [3.05, 3.63) is 47.8 Å². The van der Waals surface area contributed by atoms with Crippen LogP contribution in [0.1, 0.15) is 37.4 Å². The lowest BCUT2D eigenvalue weighted by atomic mass is 9.99. The van der Waals surface area contributed by atoms with Gasteiger partial charge in [-0.15, -0.1) is 0 Å². The molecule has 0 aliphatic heterocycles. The number of nitrogens with zero attached hydrogens (tertiary/aromatic N) is 2. The van der Waals surface area contributed by atoms with Gasteiger partial charge in [-0.2, -0.15) is 4.98 Å². The summed E-state index contributed by atoms with van der Waals surface area (Å²) in [4.78, 5) is 8.41. The van der Waals surface area contributed by atoms with Crippen molar-refractivity contribution in [2.45, 2.75) is 26.2 Å². The van der Waals surface area contributed by atoms with Gasteiger partial charge < -0.3 is 10.5 Å². The van der Waals surface area contributed by atoms with E-state index in [1.807, 2.05) is 12.1 Å². The van der Waals surface area contributed by atoms with Crippen LogP contribution in [0, 0.1) is 0 Å². The predicted octanol–water partition coefficient (Wildman–Crippen LogP) is 3.42. The molecular weight excluding hydrogens is 270 g/mol. The van der Waals surface area contributed by atoms with Crippen LogP contribution in [0.25, 0.3) is 0 Å². The van der Waals surface area contributed by atoms with Crippen molar-refractivity contribution in [1.29, 1.82) is 0 Å². The van der Waals surface area contributed by atoms with Gasteiger partial charge >= 0.3 is 6.01 Å². The lowest BCUT2D eigenvalue weighted by Gasteiger charge is -2.10. The highest BCUT2D eigenvalue weighted by Crippen LogP contribution is 2.23. The van der Waals surface area contributed by atoms with Gasteiger partial charge in [-0.05, 0) is 36.1 Å². The lowest BCUT2D eigenvalue weighted by molar-refractivity contribution is 0.441. The Hall–Kier alpha value is -2.01. The zero-order valence-electron chi connectivity index (χ0n) is 11.5. The fourth-order valence-corrected chi connectivity index (χ4v) is 1.85. The molecule has 1 aromatic carbocycles. The highest BCUT2D eigenvalue weighted by molar-refractivity contribution is 7.80. The van der Waals surface area contributed by atoms with Crippen LogP contribution in [0.4, 0.5) is 0 Å². The molecule has 4 nitrogen and oxygen atoms in total. The van der Waals surface area contributed by atoms with Gasteiger partial charge in [-0.1, -0.05) is 38.2 Å². The molecular formula is C15H17N3OS. The standard InChI is InChI=1S/C15H17N3OS/c1-3-10(2)11-4-6-12(7-5-11)19-15-17-9-8-13(18-15)14(16)20/h4-10H,3H2,1-2H3,(H2,16,20). The SMILES string of the molecule is CCC(C)c1ccc(Oc2nccc(C(N)=S)n2)cc1. The third kappa shape index (κ3) is 3.51. The third-order valence-electron chi connectivity index (χ3n) is 3.16. The van der Waals surface area contributed by atoms with Crippen LogP contribution in [-0.2, 0) is 0 Å². The molecule has 0 aliphatic carbocycles. The molecule has 2 aromatic rings. The minimum Gasteiger partial charge on any atom is -0.424 e. The Kier molecular flexibility index (Phi) is 4.63. The Balaban J connectivity index is 2.14. The summed E-state index contributed by atoms with van der Waals surface area (Å²) < 4.78 is 5.60. The van der Waals surface area contributed by atoms with Gasteiger partial charge in [0.25, 0.3) is 0 Å². The normalized spacial score (nSPS) is 11.9. The fourth-order valence-electron chi connectivity index (χ4n) is 1.73. The third-order valence-corrected chi connectivity index (χ3v) is 3.37. The van der Waals surface area contributed by atoms with Crippen molar-refractivity contribution in [2.24, 2.45) is 5.73 Å². The second-order valence-corrected chi connectivity index (χ2v) is 5.01. The first-order chi connectivity index (χ1) is 9.60. The number of hydrogen-bond acceptors (Lipinski definition) is 4. The molecule has 1 unspecified atom stereocenters. The molecule has 104 valence electrons. The van der Waals surface area contributed by atoms with Crippen molar-refractivity contribution in [1.82, 2.24) is 9.97 Å². The number of nitrogens with two attached hydrogens (primary N) is 1. The molecule has 0 radical (unpaired) electrons. The minimum absolute atomic E-state index is 0.226. The van der Waals surface area contributed by atoms with Gasteiger partial charge in [0.15, 0.2) is 0 Å². The first kappa shape index (κ1) is 14.4. The zero-order valence-corrected chi connectivity index (χ0v) is 12.4. The summed E-state index contributed by atoms with van der Waals surface area (Å²) in [5, 5.41) is 0. The minimum atomic E-state index is 0.226. The Morgan fingerprint density at radius 1 is 1.30 bits per heavy atom. The van der Waals surface area contributed by atoms with E-state index in [1.54, 1.807) is 12.3 Å². The highest BCUT2D eigenvalue weighted by Gasteiger charge is 2.06. The van der Waals surface area contributed by atoms with E-state index in [9.17, 15) is 0 Å². The van der Waals surface area contributed by atoms with Crippen molar-refractivity contribution in [3.8, 4) is 11.8 Å². The second-order valence-electron chi connectivity index (χ2n) is 4.57. The first-order valence-electron chi connectivity index (χ1n) is 6.50. The molecule has 1 aromatic heterocycles. The van der Waals surface area contributed by atoms with Gasteiger partial charge in [-0.3, -0.25) is 0 Å². The highest BCUT2D eigenvalue weighted by atomic mass is 32.1. The fraction of sp³-hybridized carbons (Fsp3) is 0.267. The van der Waals surface area contributed by atoms with Gasteiger partial charge in [0, 0.05) is 6.20 Å². The Labute approximate surface area is 124 Å². The molecule has 0 amide bonds. The lowest BCUT2D eigenvalue weighted by Crippen LogP contribution is -2.12. The van der Waals surface area contributed by atoms with E-state index in [4.69, 9.17) is 22.7 Å². The van der Waals surface area contributed by atoms with Crippen LogP contribution in [0.3, 0.4) is 0 Å². The summed E-state index contributed by atoms with van der Waals surface area (Å²) in [5.41, 5.74) is 7.32. The van der Waals surface area contributed by atoms with Gasteiger partial charge in [0.1, 0.15) is 16.4 Å². The van der Waals surface area contributed by atoms with Crippen LogP contribution >= 0.6 is 12.2 Å². The summed E-state index contributed by atoms with van der Waals surface area (Å²) in [6.45, 7) is 4.37. The average Bonchev–Trinajstić information content (AvgIpc) is 2.47. The Morgan fingerprint density at radius 3 is 2.60 bits per heavy atom. The Bertz CT molecular complexity index is 598. The average molecular weight is 287 g/mol. The molecule has 2 N–H and O–H groups in total. The number of thiocarbonyl (C=S) groups is 1. The maximum Gasteiger partial charge on any atom is 0.322 e. The van der Waals surface area contributed by atoms with Gasteiger partial charge in [-0.25, -0.2) is 4.98 Å². The van der Waals surface area contributed by atoms with Crippen LogP contribution in [-0.4, -0.2) is 15.0 Å². The molecule has 2 rings (SSSR count). The Morgan fingerprint density at radius 2 is 2.00 bits per heavy atom. The van der Waals surface area contributed by atoms with Gasteiger partial charge in [0.05, 0.1) is 0 Å². The number of aromatic nitrogens is 2. The summed E-state index contributed by atoms with van der Waals surface area (Å²) in [7, 11) is 0. The number of benzene rings is 1. The van der Waals surface area contributed by atoms with Crippen LogP contribution in [0.2, 0.25) is 0 Å². The van der Waals surface area contributed by atoms with Crippen LogP contribution in [0.5, 0.6) is 11.8 Å².